The molecule has 1 atom stereocenters. The number of hydrogen-bond donors (Lipinski definition) is 2. The van der Waals surface area contributed by atoms with E-state index in [1.807, 2.05) is 0 Å². The van der Waals surface area contributed by atoms with Crippen LogP contribution in [-0.2, 0) is 11.3 Å². The molecule has 3 N–H and O–H groups in total. The molecule has 2 heterocycles. The number of nitrogens with one attached hydrogen (secondary N) is 1. The second-order valence-electron chi connectivity index (χ2n) is 6.63. The van der Waals surface area contributed by atoms with E-state index in [4.69, 9.17) is 5.73 Å². The van der Waals surface area contributed by atoms with Crippen LogP contribution in [0.5, 0.6) is 0 Å². The fourth-order valence-electron chi connectivity index (χ4n) is 3.06. The van der Waals surface area contributed by atoms with Gasteiger partial charge in [0.1, 0.15) is 0 Å². The molecule has 1 fully saturated rings. The van der Waals surface area contributed by atoms with Gasteiger partial charge < -0.3 is 11.1 Å². The van der Waals surface area contributed by atoms with Crippen LogP contribution in [0.1, 0.15) is 57.6 Å². The molecule has 0 aromatic carbocycles. The number of halogens is 2. The van der Waals surface area contributed by atoms with Gasteiger partial charge in [-0.25, -0.2) is 4.98 Å². The van der Waals surface area contributed by atoms with Crippen LogP contribution in [0.2, 0.25) is 0 Å². The third kappa shape index (κ3) is 9.75. The molecule has 0 spiro atoms. The Morgan fingerprint density at radius 2 is 2.12 bits per heavy atom. The molecule has 1 aliphatic heterocycles. The molecule has 1 aromatic heterocycles. The third-order valence-corrected chi connectivity index (χ3v) is 5.09. The average molecular weight is 411 g/mol. The zero-order valence-electron chi connectivity index (χ0n) is 15.0. The minimum Gasteiger partial charge on any atom is -0.330 e. The van der Waals surface area contributed by atoms with Crippen LogP contribution >= 0.6 is 36.2 Å². The van der Waals surface area contributed by atoms with Gasteiger partial charge in [-0.15, -0.1) is 36.2 Å². The second-order valence-corrected chi connectivity index (χ2v) is 7.49. The van der Waals surface area contributed by atoms with Crippen molar-refractivity contribution in [2.24, 2.45) is 11.7 Å². The SMILES string of the molecule is CC1CCCN(Cc2csc(NC(=O)CCCCCCN)n2)C1.Cl.Cl. The maximum absolute atomic E-state index is 11.9. The first kappa shape index (κ1) is 24.6. The van der Waals surface area contributed by atoms with E-state index in [-0.39, 0.29) is 30.7 Å². The maximum atomic E-state index is 11.9. The summed E-state index contributed by atoms with van der Waals surface area (Å²) in [7, 11) is 0. The van der Waals surface area contributed by atoms with Gasteiger partial charge in [0.05, 0.1) is 5.69 Å². The van der Waals surface area contributed by atoms with Crippen LogP contribution in [0.3, 0.4) is 0 Å². The number of likely N-dealkylation sites (tertiary alicyclic amines) is 1. The molecule has 0 radical (unpaired) electrons. The third-order valence-electron chi connectivity index (χ3n) is 4.28. The van der Waals surface area contributed by atoms with E-state index >= 15 is 0 Å². The van der Waals surface area contributed by atoms with Crippen molar-refractivity contribution in [1.82, 2.24) is 9.88 Å². The van der Waals surface area contributed by atoms with Crippen molar-refractivity contribution in [3.05, 3.63) is 11.1 Å². The predicted octanol–water partition coefficient (Wildman–Crippen LogP) is 4.07. The molecule has 0 bridgehead atoms. The van der Waals surface area contributed by atoms with E-state index in [0.717, 1.165) is 68.6 Å². The first-order chi connectivity index (χ1) is 11.2. The van der Waals surface area contributed by atoms with E-state index in [1.165, 1.54) is 24.2 Å². The Kier molecular flexibility index (Phi) is 13.5. The Hall–Kier alpha value is -0.400. The first-order valence-electron chi connectivity index (χ1n) is 8.84. The van der Waals surface area contributed by atoms with Gasteiger partial charge in [-0.3, -0.25) is 9.69 Å². The average Bonchev–Trinajstić information content (AvgIpc) is 2.94. The standard InChI is InChI=1S/C17H30N4OS.2ClH/c1-14-7-6-10-21(11-14)12-15-13-23-17(19-15)20-16(22)8-4-2-3-5-9-18;;/h13-14H,2-12,18H2,1H3,(H,19,20,22);2*1H. The Labute approximate surface area is 168 Å². The van der Waals surface area contributed by atoms with Crippen LogP contribution in [0.15, 0.2) is 5.38 Å². The van der Waals surface area contributed by atoms with Crippen molar-refractivity contribution >= 4 is 47.2 Å². The van der Waals surface area contributed by atoms with Crippen molar-refractivity contribution in [1.29, 1.82) is 0 Å². The highest BCUT2D eigenvalue weighted by molar-refractivity contribution is 7.13. The maximum Gasteiger partial charge on any atom is 0.226 e. The summed E-state index contributed by atoms with van der Waals surface area (Å²) in [5, 5.41) is 5.72. The normalized spacial score (nSPS) is 17.4. The lowest BCUT2D eigenvalue weighted by Crippen LogP contribution is -2.33. The molecule has 2 rings (SSSR count). The van der Waals surface area contributed by atoms with E-state index in [1.54, 1.807) is 0 Å². The van der Waals surface area contributed by atoms with Crippen molar-refractivity contribution in [2.45, 2.75) is 58.4 Å². The lowest BCUT2D eigenvalue weighted by Gasteiger charge is -2.30. The van der Waals surface area contributed by atoms with Gasteiger partial charge in [-0.1, -0.05) is 19.8 Å². The highest BCUT2D eigenvalue weighted by Crippen LogP contribution is 2.21. The number of unbranched alkanes of at least 4 members (excludes halogenated alkanes) is 3. The lowest BCUT2D eigenvalue weighted by molar-refractivity contribution is -0.116. The molecule has 0 saturated carbocycles. The Balaban J connectivity index is 0.00000288. The van der Waals surface area contributed by atoms with Gasteiger partial charge in [0, 0.05) is 24.9 Å². The quantitative estimate of drug-likeness (QED) is 0.601. The van der Waals surface area contributed by atoms with Gasteiger partial charge in [0.2, 0.25) is 5.91 Å². The van der Waals surface area contributed by atoms with Crippen LogP contribution in [0.4, 0.5) is 5.13 Å². The summed E-state index contributed by atoms with van der Waals surface area (Å²) in [5.41, 5.74) is 6.53. The number of nitrogens with zero attached hydrogens (tertiary/aromatic N) is 2. The predicted molar refractivity (Wildman–Crippen MR) is 111 cm³/mol. The second kappa shape index (κ2) is 13.8. The monoisotopic (exact) mass is 410 g/mol. The van der Waals surface area contributed by atoms with Crippen molar-refractivity contribution in [3.63, 3.8) is 0 Å². The Morgan fingerprint density at radius 1 is 1.36 bits per heavy atom. The molecule has 5 nitrogen and oxygen atoms in total. The molecule has 1 unspecified atom stereocenters. The minimum absolute atomic E-state index is 0. The number of anilines is 1. The zero-order valence-corrected chi connectivity index (χ0v) is 17.5. The summed E-state index contributed by atoms with van der Waals surface area (Å²) < 4.78 is 0. The van der Waals surface area contributed by atoms with E-state index in [0.29, 0.717) is 6.42 Å². The number of nitrogens with two attached hydrogens (primary N) is 1. The number of hydrogen-bond acceptors (Lipinski definition) is 5. The van der Waals surface area contributed by atoms with E-state index in [2.05, 4.69) is 27.5 Å². The van der Waals surface area contributed by atoms with Crippen molar-refractivity contribution in [3.8, 4) is 0 Å². The van der Waals surface area contributed by atoms with Gasteiger partial charge in [-0.2, -0.15) is 0 Å². The number of carbonyl (C=O) groups excluding carboxylic acids is 1. The van der Waals surface area contributed by atoms with Crippen LogP contribution in [0, 0.1) is 5.92 Å². The lowest BCUT2D eigenvalue weighted by atomic mass is 10.0. The van der Waals surface area contributed by atoms with Crippen LogP contribution < -0.4 is 11.1 Å². The largest absolute Gasteiger partial charge is 0.330 e. The molecule has 1 amide bonds. The fourth-order valence-corrected chi connectivity index (χ4v) is 3.78. The summed E-state index contributed by atoms with van der Waals surface area (Å²) in [5.74, 6) is 0.853. The molecule has 0 aliphatic carbocycles. The highest BCUT2D eigenvalue weighted by Gasteiger charge is 2.17. The van der Waals surface area contributed by atoms with Crippen molar-refractivity contribution < 1.29 is 4.79 Å². The summed E-state index contributed by atoms with van der Waals surface area (Å²) >= 11 is 1.53. The van der Waals surface area contributed by atoms with Gasteiger partial charge >= 0.3 is 0 Å². The van der Waals surface area contributed by atoms with Gasteiger partial charge in [0.25, 0.3) is 0 Å². The number of aromatic nitrogens is 1. The van der Waals surface area contributed by atoms with Crippen molar-refractivity contribution in [2.75, 3.05) is 25.0 Å². The fraction of sp³-hybridized carbons (Fsp3) is 0.765. The van der Waals surface area contributed by atoms with Crippen LogP contribution in [0.25, 0.3) is 0 Å². The Morgan fingerprint density at radius 3 is 2.84 bits per heavy atom. The number of carbonyl (C=O) groups is 1. The van der Waals surface area contributed by atoms with Gasteiger partial charge in [-0.05, 0) is 44.7 Å². The minimum atomic E-state index is 0. The number of amides is 1. The molecule has 25 heavy (non-hydrogen) atoms. The molecular formula is C17H32Cl2N4OS. The molecule has 1 saturated heterocycles. The molecule has 8 heteroatoms. The topological polar surface area (TPSA) is 71.2 Å². The van der Waals surface area contributed by atoms with E-state index < -0.39 is 0 Å². The number of piperidine rings is 1. The summed E-state index contributed by atoms with van der Waals surface area (Å²) in [6, 6.07) is 0. The van der Waals surface area contributed by atoms with Crippen LogP contribution in [-0.4, -0.2) is 35.4 Å². The summed E-state index contributed by atoms with van der Waals surface area (Å²) in [6.45, 7) is 6.26. The zero-order chi connectivity index (χ0) is 16.5. The van der Waals surface area contributed by atoms with Gasteiger partial charge in [0.15, 0.2) is 5.13 Å². The molecule has 1 aromatic rings. The Bertz CT molecular complexity index is 487. The summed E-state index contributed by atoms with van der Waals surface area (Å²) in [4.78, 5) is 18.9. The first-order valence-corrected chi connectivity index (χ1v) is 9.72. The number of thiazole rings is 1. The molecule has 1 aliphatic rings. The number of rotatable bonds is 9. The highest BCUT2D eigenvalue weighted by atomic mass is 35.5. The smallest absolute Gasteiger partial charge is 0.226 e. The molecular weight excluding hydrogens is 379 g/mol. The molecule has 146 valence electrons. The summed E-state index contributed by atoms with van der Waals surface area (Å²) in [6.07, 6.45) is 7.34. The van der Waals surface area contributed by atoms with E-state index in [9.17, 15) is 4.79 Å².